The van der Waals surface area contributed by atoms with E-state index in [0.717, 1.165) is 23.2 Å². The summed E-state index contributed by atoms with van der Waals surface area (Å²) in [6, 6.07) is 5.90. The summed E-state index contributed by atoms with van der Waals surface area (Å²) in [6.45, 7) is 8.25. The first-order chi connectivity index (χ1) is 8.79. The van der Waals surface area contributed by atoms with Crippen LogP contribution >= 0.6 is 0 Å². The Bertz CT molecular complexity index is 491. The molecule has 1 atom stereocenters. The minimum absolute atomic E-state index is 0.00473. The molecule has 1 amide bonds. The first-order valence-corrected chi connectivity index (χ1v) is 6.65. The van der Waals surface area contributed by atoms with Crippen LogP contribution in [0.1, 0.15) is 44.4 Å². The van der Waals surface area contributed by atoms with E-state index in [2.05, 4.69) is 0 Å². The monoisotopic (exact) mass is 262 g/mol. The van der Waals surface area contributed by atoms with Crippen LogP contribution in [0.25, 0.3) is 0 Å². The summed E-state index contributed by atoms with van der Waals surface area (Å²) in [6.07, 6.45) is 0.461. The third-order valence-corrected chi connectivity index (χ3v) is 3.24. The summed E-state index contributed by atoms with van der Waals surface area (Å²) in [5.41, 5.74) is 8.73. The number of ether oxygens (including phenoxy) is 1. The van der Waals surface area contributed by atoms with Crippen LogP contribution in [0.3, 0.4) is 0 Å². The first-order valence-electron chi connectivity index (χ1n) is 6.65. The predicted molar refractivity (Wildman–Crippen MR) is 76.3 cm³/mol. The van der Waals surface area contributed by atoms with Crippen LogP contribution in [-0.2, 0) is 4.74 Å². The average Bonchev–Trinajstić information content (AvgIpc) is 2.26. The minimum atomic E-state index is -0.485. The molecule has 0 radical (unpaired) electrons. The number of aryl methyl sites for hydroxylation is 1. The standard InChI is InChI=1S/C15H22N2O2/c1-10-6-5-7-12-13(10)11(16)8-9-17(12)14(18)19-15(2,3)4/h5-7,11H,8-9,16H2,1-4H3. The van der Waals surface area contributed by atoms with Crippen LogP contribution in [0.15, 0.2) is 18.2 Å². The molecule has 1 aliphatic rings. The van der Waals surface area contributed by atoms with Crippen molar-refractivity contribution in [2.45, 2.75) is 45.8 Å². The van der Waals surface area contributed by atoms with Gasteiger partial charge in [-0.25, -0.2) is 4.79 Å². The van der Waals surface area contributed by atoms with Crippen molar-refractivity contribution in [1.82, 2.24) is 0 Å². The van der Waals surface area contributed by atoms with Gasteiger partial charge < -0.3 is 10.5 Å². The molecule has 1 heterocycles. The van der Waals surface area contributed by atoms with E-state index in [9.17, 15) is 4.79 Å². The van der Waals surface area contributed by atoms with Gasteiger partial charge in [-0.15, -0.1) is 0 Å². The summed E-state index contributed by atoms with van der Waals surface area (Å²) in [5.74, 6) is 0. The lowest BCUT2D eigenvalue weighted by Gasteiger charge is -2.34. The van der Waals surface area contributed by atoms with Gasteiger partial charge in [0.15, 0.2) is 0 Å². The lowest BCUT2D eigenvalue weighted by molar-refractivity contribution is 0.0576. The summed E-state index contributed by atoms with van der Waals surface area (Å²) >= 11 is 0. The van der Waals surface area contributed by atoms with Crippen LogP contribution in [0, 0.1) is 6.92 Å². The third-order valence-electron chi connectivity index (χ3n) is 3.24. The van der Waals surface area contributed by atoms with E-state index in [-0.39, 0.29) is 12.1 Å². The molecule has 0 saturated heterocycles. The molecule has 1 aromatic rings. The van der Waals surface area contributed by atoms with Crippen molar-refractivity contribution >= 4 is 11.8 Å². The van der Waals surface area contributed by atoms with E-state index in [1.54, 1.807) is 4.90 Å². The molecule has 0 aromatic heterocycles. The Morgan fingerprint density at radius 2 is 2.11 bits per heavy atom. The molecule has 2 N–H and O–H groups in total. The third kappa shape index (κ3) is 2.89. The Labute approximate surface area is 114 Å². The molecule has 0 spiro atoms. The fraction of sp³-hybridized carbons (Fsp3) is 0.533. The van der Waals surface area contributed by atoms with Gasteiger partial charge in [-0.2, -0.15) is 0 Å². The van der Waals surface area contributed by atoms with Gasteiger partial charge in [0.2, 0.25) is 0 Å². The molecule has 2 rings (SSSR count). The van der Waals surface area contributed by atoms with E-state index >= 15 is 0 Å². The number of hydrogen-bond donors (Lipinski definition) is 1. The highest BCUT2D eigenvalue weighted by molar-refractivity contribution is 5.90. The van der Waals surface area contributed by atoms with Crippen LogP contribution in [0.5, 0.6) is 0 Å². The van der Waals surface area contributed by atoms with Crippen molar-refractivity contribution in [2.75, 3.05) is 11.4 Å². The van der Waals surface area contributed by atoms with Crippen molar-refractivity contribution in [2.24, 2.45) is 5.73 Å². The second-order valence-electron chi connectivity index (χ2n) is 6.03. The molecule has 4 heteroatoms. The summed E-state index contributed by atoms with van der Waals surface area (Å²) in [5, 5.41) is 0. The maximum absolute atomic E-state index is 12.3. The second-order valence-corrected chi connectivity index (χ2v) is 6.03. The highest BCUT2D eigenvalue weighted by atomic mass is 16.6. The van der Waals surface area contributed by atoms with Crippen LogP contribution in [0.2, 0.25) is 0 Å². The lowest BCUT2D eigenvalue weighted by Crippen LogP contribution is -2.41. The Hall–Kier alpha value is -1.55. The SMILES string of the molecule is Cc1cccc2c1C(N)CCN2C(=O)OC(C)(C)C. The molecule has 1 aliphatic heterocycles. The van der Waals surface area contributed by atoms with Crippen molar-refractivity contribution in [3.05, 3.63) is 29.3 Å². The Morgan fingerprint density at radius 1 is 1.42 bits per heavy atom. The number of benzene rings is 1. The van der Waals surface area contributed by atoms with Crippen LogP contribution in [0.4, 0.5) is 10.5 Å². The van der Waals surface area contributed by atoms with E-state index in [4.69, 9.17) is 10.5 Å². The van der Waals surface area contributed by atoms with Gasteiger partial charge in [0.25, 0.3) is 0 Å². The molecule has 104 valence electrons. The van der Waals surface area contributed by atoms with E-state index < -0.39 is 5.60 Å². The minimum Gasteiger partial charge on any atom is -0.443 e. The average molecular weight is 262 g/mol. The number of nitrogens with zero attached hydrogens (tertiary/aromatic N) is 1. The highest BCUT2D eigenvalue weighted by Gasteiger charge is 2.30. The van der Waals surface area contributed by atoms with Gasteiger partial charge in [0, 0.05) is 12.6 Å². The fourth-order valence-electron chi connectivity index (χ4n) is 2.42. The molecule has 0 aliphatic carbocycles. The Kier molecular flexibility index (Phi) is 3.54. The first kappa shape index (κ1) is 13.9. The second kappa shape index (κ2) is 4.85. The molecule has 0 saturated carbocycles. The van der Waals surface area contributed by atoms with Gasteiger partial charge in [-0.1, -0.05) is 12.1 Å². The van der Waals surface area contributed by atoms with Gasteiger partial charge in [0.1, 0.15) is 5.60 Å². The molecule has 0 fully saturated rings. The topological polar surface area (TPSA) is 55.6 Å². The number of anilines is 1. The van der Waals surface area contributed by atoms with Gasteiger partial charge >= 0.3 is 6.09 Å². The molecular formula is C15H22N2O2. The Morgan fingerprint density at radius 3 is 2.74 bits per heavy atom. The molecule has 1 aromatic carbocycles. The summed E-state index contributed by atoms with van der Waals surface area (Å²) < 4.78 is 5.46. The number of hydrogen-bond acceptors (Lipinski definition) is 3. The molecule has 19 heavy (non-hydrogen) atoms. The molecule has 0 bridgehead atoms. The summed E-state index contributed by atoms with van der Waals surface area (Å²) in [7, 11) is 0. The summed E-state index contributed by atoms with van der Waals surface area (Å²) in [4.78, 5) is 13.9. The fourth-order valence-corrected chi connectivity index (χ4v) is 2.42. The number of rotatable bonds is 0. The number of fused-ring (bicyclic) bond motifs is 1. The quantitative estimate of drug-likeness (QED) is 0.781. The molecule has 1 unspecified atom stereocenters. The zero-order valence-corrected chi connectivity index (χ0v) is 12.1. The number of amides is 1. The maximum atomic E-state index is 12.3. The predicted octanol–water partition coefficient (Wildman–Crippen LogP) is 3.14. The van der Waals surface area contributed by atoms with E-state index in [0.29, 0.717) is 6.54 Å². The number of nitrogens with two attached hydrogens (primary N) is 1. The largest absolute Gasteiger partial charge is 0.443 e. The van der Waals surface area contributed by atoms with Gasteiger partial charge in [-0.05, 0) is 51.3 Å². The van der Waals surface area contributed by atoms with Crippen LogP contribution in [-0.4, -0.2) is 18.2 Å². The Balaban J connectivity index is 2.34. The zero-order chi connectivity index (χ0) is 14.2. The zero-order valence-electron chi connectivity index (χ0n) is 12.1. The van der Waals surface area contributed by atoms with Crippen molar-refractivity contribution in [1.29, 1.82) is 0 Å². The molecular weight excluding hydrogens is 240 g/mol. The number of carbonyl (C=O) groups excluding carboxylic acids is 1. The lowest BCUT2D eigenvalue weighted by atomic mass is 9.93. The van der Waals surface area contributed by atoms with Gasteiger partial charge in [0.05, 0.1) is 5.69 Å². The van der Waals surface area contributed by atoms with Crippen LogP contribution < -0.4 is 10.6 Å². The van der Waals surface area contributed by atoms with Crippen molar-refractivity contribution < 1.29 is 9.53 Å². The highest BCUT2D eigenvalue weighted by Crippen LogP contribution is 2.35. The van der Waals surface area contributed by atoms with E-state index in [1.165, 1.54) is 0 Å². The smallest absolute Gasteiger partial charge is 0.414 e. The number of carbonyl (C=O) groups is 1. The maximum Gasteiger partial charge on any atom is 0.414 e. The van der Waals surface area contributed by atoms with Crippen molar-refractivity contribution in [3.8, 4) is 0 Å². The van der Waals surface area contributed by atoms with Gasteiger partial charge in [-0.3, -0.25) is 4.90 Å². The normalized spacial score (nSPS) is 19.0. The molecule has 4 nitrogen and oxygen atoms in total. The van der Waals surface area contributed by atoms with E-state index in [1.807, 2.05) is 45.9 Å². The van der Waals surface area contributed by atoms with Crippen molar-refractivity contribution in [3.63, 3.8) is 0 Å².